The van der Waals surface area contributed by atoms with Gasteiger partial charge in [0.25, 0.3) is 0 Å². The Labute approximate surface area is 110 Å². The fourth-order valence-electron chi connectivity index (χ4n) is 1.22. The zero-order chi connectivity index (χ0) is 16.5. The third-order valence-corrected chi connectivity index (χ3v) is 2.09. The Bertz CT molecular complexity index is 607. The van der Waals surface area contributed by atoms with E-state index in [9.17, 15) is 50.6 Å². The van der Waals surface area contributed by atoms with Crippen molar-refractivity contribution in [3.05, 3.63) is 56.8 Å². The largest absolute Gasteiger partial charge is 0.837 e. The van der Waals surface area contributed by atoms with Gasteiger partial charge in [0, 0.05) is 4.68 Å². The summed E-state index contributed by atoms with van der Waals surface area (Å²) < 4.78 is -0.663. The van der Waals surface area contributed by atoms with Crippen molar-refractivity contribution < 1.29 is 24.6 Å². The van der Waals surface area contributed by atoms with E-state index in [0.29, 0.717) is 0 Å². The van der Waals surface area contributed by atoms with Crippen LogP contribution in [-0.4, -0.2) is 34.4 Å². The van der Waals surface area contributed by atoms with Gasteiger partial charge in [-0.15, -0.1) is 0 Å². The molecule has 112 valence electrons. The minimum absolute atomic E-state index is 0.132. The molecule has 0 aliphatic carbocycles. The molecule has 21 heavy (non-hydrogen) atoms. The fraction of sp³-hybridized carbons (Fsp3) is 0.250. The topological polar surface area (TPSA) is 234 Å². The van der Waals surface area contributed by atoms with E-state index in [4.69, 9.17) is 0 Å². The van der Waals surface area contributed by atoms with Crippen LogP contribution in [0.3, 0.4) is 0 Å². The van der Waals surface area contributed by atoms with Crippen LogP contribution in [0, 0.1) is 50.6 Å². The van der Waals surface area contributed by atoms with E-state index in [1.807, 2.05) is 0 Å². The molecule has 0 radical (unpaired) electrons. The van der Waals surface area contributed by atoms with Crippen LogP contribution in [0.1, 0.15) is 0 Å². The first-order chi connectivity index (χ1) is 9.56. The SMILES string of the molecule is O=[N+]([O-])c1cn(C([N+](=O)[O-])([N+](=O)[O-])[N+](=O)[O-])nc1[N+](=O)[O-]. The average molecular weight is 307 g/mol. The molecule has 0 spiro atoms. The summed E-state index contributed by atoms with van der Waals surface area (Å²) >= 11 is 0. The Morgan fingerprint density at radius 1 is 0.857 bits per heavy atom. The first kappa shape index (κ1) is 15.3. The molecule has 0 bridgehead atoms. The molecule has 1 heterocycles. The Morgan fingerprint density at radius 2 is 1.29 bits per heavy atom. The van der Waals surface area contributed by atoms with E-state index in [1.165, 1.54) is 0 Å². The molecule has 0 fully saturated rings. The second kappa shape index (κ2) is 4.71. The van der Waals surface area contributed by atoms with Crippen LogP contribution in [0.4, 0.5) is 11.5 Å². The molecule has 0 aliphatic heterocycles. The van der Waals surface area contributed by atoms with E-state index in [2.05, 4.69) is 5.10 Å². The molecule has 0 aliphatic rings. The van der Waals surface area contributed by atoms with Crippen LogP contribution in [0.15, 0.2) is 6.20 Å². The molecule has 17 heteroatoms. The molecule has 0 aromatic carbocycles. The Morgan fingerprint density at radius 3 is 1.52 bits per heavy atom. The molecule has 17 nitrogen and oxygen atoms in total. The summed E-state index contributed by atoms with van der Waals surface area (Å²) in [5.74, 6) is -5.98. The fourth-order valence-corrected chi connectivity index (χ4v) is 1.22. The first-order valence-electron chi connectivity index (χ1n) is 4.39. The molecule has 0 saturated carbocycles. The van der Waals surface area contributed by atoms with Gasteiger partial charge in [0.1, 0.15) is 0 Å². The van der Waals surface area contributed by atoms with Gasteiger partial charge in [0.15, 0.2) is 6.20 Å². The molecule has 0 N–H and O–H groups in total. The zero-order valence-electron chi connectivity index (χ0n) is 9.29. The number of aromatic nitrogens is 2. The molecule has 1 aromatic heterocycles. The van der Waals surface area contributed by atoms with Crippen molar-refractivity contribution in [2.24, 2.45) is 0 Å². The van der Waals surface area contributed by atoms with E-state index in [1.54, 1.807) is 0 Å². The Balaban J connectivity index is 3.77. The molecular weight excluding hydrogens is 306 g/mol. The van der Waals surface area contributed by atoms with Crippen molar-refractivity contribution in [1.82, 2.24) is 9.78 Å². The van der Waals surface area contributed by atoms with Crippen LogP contribution in [-0.2, 0) is 5.91 Å². The summed E-state index contributed by atoms with van der Waals surface area (Å²) in [4.78, 5) is 44.1. The lowest BCUT2D eigenvalue weighted by atomic mass is 10.5. The maximum Gasteiger partial charge on any atom is 0.837 e. The van der Waals surface area contributed by atoms with Gasteiger partial charge in [0.2, 0.25) is 14.8 Å². The summed E-state index contributed by atoms with van der Waals surface area (Å²) in [6.07, 6.45) is -0.132. The van der Waals surface area contributed by atoms with Crippen molar-refractivity contribution in [2.75, 3.05) is 0 Å². The number of nitrogens with zero attached hydrogens (tertiary/aromatic N) is 7. The zero-order valence-corrected chi connectivity index (χ0v) is 9.29. The minimum Gasteiger partial charge on any atom is -0.358 e. The molecule has 1 rings (SSSR count). The maximum absolute atomic E-state index is 10.7. The highest BCUT2D eigenvalue weighted by molar-refractivity contribution is 5.44. The molecule has 1 aromatic rings. The highest BCUT2D eigenvalue weighted by Crippen LogP contribution is 2.29. The van der Waals surface area contributed by atoms with Crippen LogP contribution in [0.5, 0.6) is 0 Å². The normalized spacial score (nSPS) is 10.9. The van der Waals surface area contributed by atoms with E-state index >= 15 is 0 Å². The number of hydrogen-bond donors (Lipinski definition) is 0. The lowest BCUT2D eigenvalue weighted by Crippen LogP contribution is -2.55. The second-order valence-electron chi connectivity index (χ2n) is 3.17. The van der Waals surface area contributed by atoms with E-state index in [0.717, 1.165) is 0 Å². The van der Waals surface area contributed by atoms with Gasteiger partial charge in [-0.1, -0.05) is 0 Å². The quantitative estimate of drug-likeness (QED) is 0.354. The van der Waals surface area contributed by atoms with E-state index in [-0.39, 0.29) is 6.20 Å². The van der Waals surface area contributed by atoms with Gasteiger partial charge in [-0.25, -0.2) is 0 Å². The smallest absolute Gasteiger partial charge is 0.358 e. The molecule has 0 unspecified atom stereocenters. The Hall–Kier alpha value is -3.79. The van der Waals surface area contributed by atoms with Gasteiger partial charge >= 0.3 is 17.4 Å². The molecule has 0 atom stereocenters. The summed E-state index contributed by atoms with van der Waals surface area (Å²) in [7, 11) is 0. The lowest BCUT2D eigenvalue weighted by Gasteiger charge is -2.04. The maximum atomic E-state index is 10.7. The first-order valence-corrected chi connectivity index (χ1v) is 4.39. The van der Waals surface area contributed by atoms with Crippen LogP contribution in [0.25, 0.3) is 0 Å². The predicted octanol–water partition coefficient (Wildman–Crippen LogP) is -0.903. The van der Waals surface area contributed by atoms with Crippen LogP contribution in [0.2, 0.25) is 0 Å². The van der Waals surface area contributed by atoms with Crippen molar-refractivity contribution in [3.8, 4) is 0 Å². The number of rotatable bonds is 6. The van der Waals surface area contributed by atoms with Crippen LogP contribution < -0.4 is 0 Å². The van der Waals surface area contributed by atoms with Gasteiger partial charge in [-0.2, -0.15) is 0 Å². The van der Waals surface area contributed by atoms with Gasteiger partial charge < -0.3 is 10.1 Å². The van der Waals surface area contributed by atoms with E-state index < -0.39 is 46.7 Å². The van der Waals surface area contributed by atoms with Gasteiger partial charge in [0.05, 0.1) is 10.0 Å². The van der Waals surface area contributed by atoms with Crippen molar-refractivity contribution >= 4 is 11.5 Å². The minimum atomic E-state index is -4.36. The summed E-state index contributed by atoms with van der Waals surface area (Å²) in [6, 6.07) is 0. The van der Waals surface area contributed by atoms with Gasteiger partial charge in [-0.3, -0.25) is 40.5 Å². The van der Waals surface area contributed by atoms with Crippen molar-refractivity contribution in [2.45, 2.75) is 5.91 Å². The molecular formula is C4HN7O10. The summed E-state index contributed by atoms with van der Waals surface area (Å²) in [6.45, 7) is 0. The average Bonchev–Trinajstić information content (AvgIpc) is 2.73. The van der Waals surface area contributed by atoms with Crippen molar-refractivity contribution in [1.29, 1.82) is 0 Å². The third kappa shape index (κ3) is 2.02. The third-order valence-electron chi connectivity index (χ3n) is 2.09. The lowest BCUT2D eigenvalue weighted by molar-refractivity contribution is -1.01. The predicted molar refractivity (Wildman–Crippen MR) is 54.5 cm³/mol. The number of nitro groups is 5. The second-order valence-corrected chi connectivity index (χ2v) is 3.17. The monoisotopic (exact) mass is 307 g/mol. The highest BCUT2D eigenvalue weighted by atomic mass is 16.7. The highest BCUT2D eigenvalue weighted by Gasteiger charge is 2.78. The molecule has 0 saturated heterocycles. The van der Waals surface area contributed by atoms with Gasteiger partial charge in [-0.05, 0) is 4.92 Å². The number of hydrogen-bond acceptors (Lipinski definition) is 11. The Kier molecular flexibility index (Phi) is 3.43. The summed E-state index contributed by atoms with van der Waals surface area (Å²) in [5.41, 5.74) is -1.48. The van der Waals surface area contributed by atoms with Crippen LogP contribution >= 0.6 is 0 Å². The molecule has 0 amide bonds. The summed E-state index contributed by atoms with van der Waals surface area (Å²) in [5, 5.41) is 55.7. The van der Waals surface area contributed by atoms with Crippen molar-refractivity contribution in [3.63, 3.8) is 0 Å². The standard InChI is InChI=1S/C4HN7O10/c12-7(13)2-1-6(5-3(2)8(14)15)4(9(16)17,10(18)19)11(20)21/h1H.